The molecule has 0 unspecified atom stereocenters. The molecule has 0 aliphatic carbocycles. The summed E-state index contributed by atoms with van der Waals surface area (Å²) in [6, 6.07) is 26.7. The fraction of sp³-hybridized carbons (Fsp3) is 0.172. The number of aromatic nitrogens is 1. The zero-order valence-corrected chi connectivity index (χ0v) is 22.1. The van der Waals surface area contributed by atoms with Gasteiger partial charge in [0.25, 0.3) is 5.91 Å². The van der Waals surface area contributed by atoms with Crippen molar-refractivity contribution in [3.8, 4) is 0 Å². The van der Waals surface area contributed by atoms with Crippen LogP contribution in [0.5, 0.6) is 0 Å². The summed E-state index contributed by atoms with van der Waals surface area (Å²) < 4.78 is 3.40. The maximum Gasteiger partial charge on any atom is 0.266 e. The van der Waals surface area contributed by atoms with Crippen molar-refractivity contribution in [2.24, 2.45) is 4.99 Å². The van der Waals surface area contributed by atoms with Crippen molar-refractivity contribution in [2.75, 3.05) is 6.54 Å². The maximum absolute atomic E-state index is 13.4. The number of aliphatic imine (C=N–C) groups is 1. The molecule has 1 fully saturated rings. The van der Waals surface area contributed by atoms with Crippen LogP contribution in [-0.2, 0) is 11.3 Å². The number of benzene rings is 3. The second-order valence-corrected chi connectivity index (χ2v) is 10.5. The normalized spacial score (nSPS) is 16.2. The largest absolute Gasteiger partial charge is 0.340 e. The number of amides is 1. The van der Waals surface area contributed by atoms with Crippen molar-refractivity contribution in [3.05, 3.63) is 105 Å². The van der Waals surface area contributed by atoms with Crippen LogP contribution in [0.1, 0.15) is 30.2 Å². The molecule has 0 N–H and O–H groups in total. The number of thioether (sulfide) groups is 1. The summed E-state index contributed by atoms with van der Waals surface area (Å²) >= 11 is 4.98. The van der Waals surface area contributed by atoms with Crippen LogP contribution in [0.15, 0.2) is 93.2 Å². The lowest BCUT2D eigenvalue weighted by molar-refractivity contribution is -0.122. The molecule has 1 amide bonds. The second kappa shape index (κ2) is 10.3. The Bertz CT molecular complexity index is 1440. The van der Waals surface area contributed by atoms with Gasteiger partial charge in [-0.1, -0.05) is 71.4 Å². The lowest BCUT2D eigenvalue weighted by Crippen LogP contribution is -2.29. The summed E-state index contributed by atoms with van der Waals surface area (Å²) in [5.41, 5.74) is 5.48. The fourth-order valence-corrected chi connectivity index (χ4v) is 5.64. The number of fused-ring (bicyclic) bond motifs is 1. The number of nitrogens with zero attached hydrogens (tertiary/aromatic N) is 3. The fourth-order valence-electron chi connectivity index (χ4n) is 4.37. The molecule has 1 aliphatic heterocycles. The SMILES string of the molecule is CCCN1C(=O)/C(=C\c2c(C)n(Cc3ccc(Br)cc3)c3ccccc23)SC1=Nc1ccccc1. The minimum Gasteiger partial charge on any atom is -0.340 e. The van der Waals surface area contributed by atoms with Crippen LogP contribution in [-0.4, -0.2) is 27.1 Å². The first kappa shape index (κ1) is 23.6. The molecule has 0 spiro atoms. The summed E-state index contributed by atoms with van der Waals surface area (Å²) in [4.78, 5) is 20.7. The number of hydrogen-bond acceptors (Lipinski definition) is 3. The number of halogens is 1. The van der Waals surface area contributed by atoms with Gasteiger partial charge in [-0.2, -0.15) is 0 Å². The molecule has 1 aliphatic rings. The molecule has 0 radical (unpaired) electrons. The van der Waals surface area contributed by atoms with Gasteiger partial charge in [-0.25, -0.2) is 4.99 Å². The van der Waals surface area contributed by atoms with Gasteiger partial charge in [0.1, 0.15) is 0 Å². The third-order valence-electron chi connectivity index (χ3n) is 6.13. The van der Waals surface area contributed by atoms with Gasteiger partial charge in [0.15, 0.2) is 5.17 Å². The number of hydrogen-bond donors (Lipinski definition) is 0. The Morgan fingerprint density at radius 2 is 1.69 bits per heavy atom. The molecule has 4 nitrogen and oxygen atoms in total. The summed E-state index contributed by atoms with van der Waals surface area (Å²) in [7, 11) is 0. The average molecular weight is 545 g/mol. The van der Waals surface area contributed by atoms with Crippen molar-refractivity contribution >= 4 is 61.4 Å². The topological polar surface area (TPSA) is 37.6 Å². The third-order valence-corrected chi connectivity index (χ3v) is 7.66. The van der Waals surface area contributed by atoms with Crippen molar-refractivity contribution in [1.29, 1.82) is 0 Å². The molecular weight excluding hydrogens is 518 g/mol. The van der Waals surface area contributed by atoms with E-state index in [0.717, 1.165) is 44.9 Å². The van der Waals surface area contributed by atoms with Gasteiger partial charge in [-0.15, -0.1) is 0 Å². The van der Waals surface area contributed by atoms with Gasteiger partial charge < -0.3 is 4.57 Å². The number of amidine groups is 1. The predicted molar refractivity (Wildman–Crippen MR) is 151 cm³/mol. The van der Waals surface area contributed by atoms with Gasteiger partial charge in [-0.3, -0.25) is 9.69 Å². The summed E-state index contributed by atoms with van der Waals surface area (Å²) in [5, 5.41) is 1.89. The van der Waals surface area contributed by atoms with Crippen LogP contribution >= 0.6 is 27.7 Å². The molecule has 176 valence electrons. The molecule has 0 atom stereocenters. The molecule has 5 rings (SSSR count). The second-order valence-electron chi connectivity index (χ2n) is 8.53. The van der Waals surface area contributed by atoms with Crippen molar-refractivity contribution in [1.82, 2.24) is 9.47 Å². The highest BCUT2D eigenvalue weighted by molar-refractivity contribution is 9.10. The number of para-hydroxylation sites is 2. The van der Waals surface area contributed by atoms with Gasteiger partial charge in [0.05, 0.1) is 10.6 Å². The van der Waals surface area contributed by atoms with E-state index in [4.69, 9.17) is 4.99 Å². The quantitative estimate of drug-likeness (QED) is 0.233. The summed E-state index contributed by atoms with van der Waals surface area (Å²) in [5.74, 6) is 0.0238. The highest BCUT2D eigenvalue weighted by Crippen LogP contribution is 2.37. The van der Waals surface area contributed by atoms with E-state index in [9.17, 15) is 4.79 Å². The highest BCUT2D eigenvalue weighted by atomic mass is 79.9. The van der Waals surface area contributed by atoms with Gasteiger partial charge in [0, 0.05) is 39.7 Å². The molecule has 3 aromatic carbocycles. The molecule has 6 heteroatoms. The number of rotatable bonds is 6. The van der Waals surface area contributed by atoms with Crippen LogP contribution in [0.2, 0.25) is 0 Å². The van der Waals surface area contributed by atoms with E-state index in [0.29, 0.717) is 11.4 Å². The Kier molecular flexibility index (Phi) is 6.93. The van der Waals surface area contributed by atoms with E-state index in [1.807, 2.05) is 30.3 Å². The first-order valence-electron chi connectivity index (χ1n) is 11.7. The molecule has 35 heavy (non-hydrogen) atoms. The maximum atomic E-state index is 13.4. The zero-order chi connectivity index (χ0) is 24.4. The lowest BCUT2D eigenvalue weighted by Gasteiger charge is -2.13. The van der Waals surface area contributed by atoms with E-state index in [1.54, 1.807) is 4.90 Å². The average Bonchev–Trinajstić information content (AvgIpc) is 3.30. The van der Waals surface area contributed by atoms with Crippen molar-refractivity contribution in [3.63, 3.8) is 0 Å². The van der Waals surface area contributed by atoms with Gasteiger partial charge in [-0.05, 0) is 67.1 Å². The van der Waals surface area contributed by atoms with Crippen LogP contribution in [0, 0.1) is 6.92 Å². The Balaban J connectivity index is 1.56. The standard InChI is InChI=1S/C29H26BrN3OS/c1-3-17-32-28(34)27(35-29(32)31-23-9-5-4-6-10-23)18-25-20(2)33(26-12-8-7-11-24(25)26)19-21-13-15-22(30)16-14-21/h4-16,18H,3,17,19H2,1-2H3/b27-18+,31-29?. The van der Waals surface area contributed by atoms with Gasteiger partial charge in [0.2, 0.25) is 0 Å². The number of carbonyl (C=O) groups excluding carboxylic acids is 1. The van der Waals surface area contributed by atoms with Crippen LogP contribution in [0.3, 0.4) is 0 Å². The summed E-state index contributed by atoms with van der Waals surface area (Å²) in [6.45, 7) is 5.64. The highest BCUT2D eigenvalue weighted by Gasteiger charge is 2.33. The Morgan fingerprint density at radius 1 is 0.971 bits per heavy atom. The first-order valence-corrected chi connectivity index (χ1v) is 13.3. The van der Waals surface area contributed by atoms with E-state index in [1.165, 1.54) is 22.8 Å². The minimum absolute atomic E-state index is 0.0238. The Hall–Kier alpha value is -3.09. The van der Waals surface area contributed by atoms with Crippen LogP contribution < -0.4 is 0 Å². The van der Waals surface area contributed by atoms with E-state index >= 15 is 0 Å². The molecule has 1 saturated heterocycles. The van der Waals surface area contributed by atoms with Crippen LogP contribution in [0.4, 0.5) is 5.69 Å². The monoisotopic (exact) mass is 543 g/mol. The third kappa shape index (κ3) is 4.86. The van der Waals surface area contributed by atoms with Crippen LogP contribution in [0.25, 0.3) is 17.0 Å². The van der Waals surface area contributed by atoms with E-state index < -0.39 is 0 Å². The molecule has 1 aromatic heterocycles. The summed E-state index contributed by atoms with van der Waals surface area (Å²) in [6.07, 6.45) is 2.93. The first-order chi connectivity index (χ1) is 17.0. The van der Waals surface area contributed by atoms with Gasteiger partial charge >= 0.3 is 0 Å². The molecular formula is C29H26BrN3OS. The zero-order valence-electron chi connectivity index (χ0n) is 19.7. The van der Waals surface area contributed by atoms with E-state index in [-0.39, 0.29) is 5.91 Å². The minimum atomic E-state index is 0.0238. The van der Waals surface area contributed by atoms with Crippen molar-refractivity contribution in [2.45, 2.75) is 26.8 Å². The molecule has 4 aromatic rings. The molecule has 0 saturated carbocycles. The lowest BCUT2D eigenvalue weighted by atomic mass is 10.1. The number of carbonyl (C=O) groups is 1. The Morgan fingerprint density at radius 3 is 2.43 bits per heavy atom. The smallest absolute Gasteiger partial charge is 0.266 e. The predicted octanol–water partition coefficient (Wildman–Crippen LogP) is 7.77. The Labute approximate surface area is 218 Å². The molecule has 0 bridgehead atoms. The van der Waals surface area contributed by atoms with E-state index in [2.05, 4.69) is 89.0 Å². The molecule has 2 heterocycles. The van der Waals surface area contributed by atoms with Crippen molar-refractivity contribution < 1.29 is 4.79 Å².